The van der Waals surface area contributed by atoms with Gasteiger partial charge in [0.25, 0.3) is 0 Å². The average molecular weight is 380 g/mol. The summed E-state index contributed by atoms with van der Waals surface area (Å²) in [6, 6.07) is 6.18. The Kier molecular flexibility index (Phi) is 5.72. The van der Waals surface area contributed by atoms with Crippen LogP contribution >= 0.6 is 11.6 Å². The summed E-state index contributed by atoms with van der Waals surface area (Å²) in [5, 5.41) is 3.12. The van der Waals surface area contributed by atoms with Gasteiger partial charge in [-0.2, -0.15) is 0 Å². The zero-order chi connectivity index (χ0) is 18.5. The van der Waals surface area contributed by atoms with Gasteiger partial charge in [-0.25, -0.2) is 19.2 Å². The number of anilines is 3. The minimum Gasteiger partial charge on any atom is -0.450 e. The largest absolute Gasteiger partial charge is 0.450 e. The molecule has 0 aliphatic carbocycles. The minimum absolute atomic E-state index is 0.0411. The maximum atomic E-state index is 13.3. The predicted molar refractivity (Wildman–Crippen MR) is 97.5 cm³/mol. The molecular formula is C17H19ClFN5O2. The number of carbonyl (C=O) groups excluding carboxylic acids is 1. The SMILES string of the molecule is CCOC(=O)N1CCN(c2cc(Nc3ccc(F)c(Cl)c3)ncn2)CC1. The van der Waals surface area contributed by atoms with Crippen LogP contribution in [0.2, 0.25) is 5.02 Å². The first-order valence-corrected chi connectivity index (χ1v) is 8.65. The molecule has 3 rings (SSSR count). The molecule has 1 amide bonds. The third kappa shape index (κ3) is 4.32. The average Bonchev–Trinajstić information content (AvgIpc) is 2.65. The van der Waals surface area contributed by atoms with E-state index in [0.717, 1.165) is 5.82 Å². The van der Waals surface area contributed by atoms with Crippen LogP contribution in [0.25, 0.3) is 0 Å². The first kappa shape index (κ1) is 18.2. The van der Waals surface area contributed by atoms with Crippen LogP contribution in [0, 0.1) is 5.82 Å². The number of carbonyl (C=O) groups is 1. The van der Waals surface area contributed by atoms with E-state index in [9.17, 15) is 9.18 Å². The summed E-state index contributed by atoms with van der Waals surface area (Å²) in [7, 11) is 0. The van der Waals surface area contributed by atoms with Crippen molar-refractivity contribution in [2.75, 3.05) is 43.0 Å². The van der Waals surface area contributed by atoms with Gasteiger partial charge in [0, 0.05) is 37.9 Å². The lowest BCUT2D eigenvalue weighted by Crippen LogP contribution is -2.49. The van der Waals surface area contributed by atoms with Crippen molar-refractivity contribution in [3.05, 3.63) is 41.4 Å². The molecular weight excluding hydrogens is 361 g/mol. The molecule has 1 N–H and O–H groups in total. The third-order valence-electron chi connectivity index (χ3n) is 3.97. The Hall–Kier alpha value is -2.61. The van der Waals surface area contributed by atoms with Gasteiger partial charge in [-0.05, 0) is 25.1 Å². The van der Waals surface area contributed by atoms with Crippen LogP contribution in [-0.4, -0.2) is 53.7 Å². The second-order valence-electron chi connectivity index (χ2n) is 5.69. The van der Waals surface area contributed by atoms with Gasteiger partial charge in [-0.3, -0.25) is 0 Å². The van der Waals surface area contributed by atoms with E-state index in [0.29, 0.717) is 44.3 Å². The molecule has 1 aliphatic heterocycles. The number of halogens is 2. The molecule has 2 heterocycles. The zero-order valence-electron chi connectivity index (χ0n) is 14.3. The van der Waals surface area contributed by atoms with Gasteiger partial charge in [0.1, 0.15) is 23.8 Å². The zero-order valence-corrected chi connectivity index (χ0v) is 15.0. The summed E-state index contributed by atoms with van der Waals surface area (Å²) < 4.78 is 18.3. The summed E-state index contributed by atoms with van der Waals surface area (Å²) in [5.74, 6) is 0.852. The fraction of sp³-hybridized carbons (Fsp3) is 0.353. The van der Waals surface area contributed by atoms with Crippen LogP contribution < -0.4 is 10.2 Å². The molecule has 1 aromatic carbocycles. The Morgan fingerprint density at radius 3 is 2.73 bits per heavy atom. The molecule has 138 valence electrons. The maximum absolute atomic E-state index is 13.3. The number of aromatic nitrogens is 2. The molecule has 0 atom stereocenters. The molecule has 1 fully saturated rings. The number of rotatable bonds is 4. The molecule has 1 saturated heterocycles. The van der Waals surface area contributed by atoms with E-state index in [-0.39, 0.29) is 11.1 Å². The molecule has 0 bridgehead atoms. The summed E-state index contributed by atoms with van der Waals surface area (Å²) in [6.07, 6.45) is 1.17. The number of ether oxygens (including phenoxy) is 1. The lowest BCUT2D eigenvalue weighted by molar-refractivity contribution is 0.105. The number of hydrogen-bond donors (Lipinski definition) is 1. The van der Waals surface area contributed by atoms with E-state index in [1.165, 1.54) is 18.5 Å². The van der Waals surface area contributed by atoms with Gasteiger partial charge in [-0.1, -0.05) is 11.6 Å². The third-order valence-corrected chi connectivity index (χ3v) is 4.26. The van der Waals surface area contributed by atoms with Crippen LogP contribution in [0.5, 0.6) is 0 Å². The minimum atomic E-state index is -0.472. The summed E-state index contributed by atoms with van der Waals surface area (Å²) >= 11 is 5.80. The highest BCUT2D eigenvalue weighted by Gasteiger charge is 2.22. The molecule has 7 nitrogen and oxygen atoms in total. The van der Waals surface area contributed by atoms with Gasteiger partial charge in [0.05, 0.1) is 11.6 Å². The van der Waals surface area contributed by atoms with Crippen molar-refractivity contribution in [3.8, 4) is 0 Å². The molecule has 1 aliphatic rings. The molecule has 0 saturated carbocycles. The Bertz CT molecular complexity index is 783. The summed E-state index contributed by atoms with van der Waals surface area (Å²) in [6.45, 7) is 4.60. The van der Waals surface area contributed by atoms with E-state index >= 15 is 0 Å². The normalized spacial score (nSPS) is 14.3. The second kappa shape index (κ2) is 8.18. The van der Waals surface area contributed by atoms with Crippen molar-refractivity contribution < 1.29 is 13.9 Å². The molecule has 26 heavy (non-hydrogen) atoms. The van der Waals surface area contributed by atoms with Gasteiger partial charge in [0.2, 0.25) is 0 Å². The van der Waals surface area contributed by atoms with Gasteiger partial charge in [-0.15, -0.1) is 0 Å². The summed E-state index contributed by atoms with van der Waals surface area (Å²) in [4.78, 5) is 24.0. The van der Waals surface area contributed by atoms with E-state index in [2.05, 4.69) is 20.2 Å². The number of hydrogen-bond acceptors (Lipinski definition) is 6. The highest BCUT2D eigenvalue weighted by molar-refractivity contribution is 6.31. The maximum Gasteiger partial charge on any atom is 0.409 e. The van der Waals surface area contributed by atoms with Crippen LogP contribution in [0.3, 0.4) is 0 Å². The predicted octanol–water partition coefficient (Wildman–Crippen LogP) is 3.29. The molecule has 0 radical (unpaired) electrons. The molecule has 0 unspecified atom stereocenters. The topological polar surface area (TPSA) is 70.6 Å². The standard InChI is InChI=1S/C17H19ClFN5O2/c1-2-26-17(25)24-7-5-23(6-8-24)16-10-15(20-11-21-16)22-12-3-4-14(19)13(18)9-12/h3-4,9-11H,2,5-8H2,1H3,(H,20,21,22). The van der Waals surface area contributed by atoms with E-state index in [4.69, 9.17) is 16.3 Å². The number of amides is 1. The molecule has 0 spiro atoms. The second-order valence-corrected chi connectivity index (χ2v) is 6.10. The molecule has 9 heteroatoms. The summed E-state index contributed by atoms with van der Waals surface area (Å²) in [5.41, 5.74) is 0.633. The van der Waals surface area contributed by atoms with Gasteiger partial charge >= 0.3 is 6.09 Å². The Labute approximate surface area is 155 Å². The number of benzene rings is 1. The fourth-order valence-electron chi connectivity index (χ4n) is 2.64. The van der Waals surface area contributed by atoms with E-state index < -0.39 is 5.82 Å². The number of nitrogens with one attached hydrogen (secondary N) is 1. The van der Waals surface area contributed by atoms with Crippen LogP contribution in [0.1, 0.15) is 6.92 Å². The van der Waals surface area contributed by atoms with E-state index in [1.54, 1.807) is 24.0 Å². The van der Waals surface area contributed by atoms with Gasteiger partial charge in [0.15, 0.2) is 0 Å². The highest BCUT2D eigenvalue weighted by Crippen LogP contribution is 2.23. The Balaban J connectivity index is 1.64. The Morgan fingerprint density at radius 1 is 1.27 bits per heavy atom. The number of piperazine rings is 1. The van der Waals surface area contributed by atoms with Crippen LogP contribution in [-0.2, 0) is 4.74 Å². The fourth-order valence-corrected chi connectivity index (χ4v) is 2.82. The van der Waals surface area contributed by atoms with Crippen molar-refractivity contribution in [1.29, 1.82) is 0 Å². The highest BCUT2D eigenvalue weighted by atomic mass is 35.5. The van der Waals surface area contributed by atoms with Crippen LogP contribution in [0.4, 0.5) is 26.5 Å². The van der Waals surface area contributed by atoms with Gasteiger partial charge < -0.3 is 19.9 Å². The monoisotopic (exact) mass is 379 g/mol. The van der Waals surface area contributed by atoms with Crippen molar-refractivity contribution in [2.45, 2.75) is 6.92 Å². The Morgan fingerprint density at radius 2 is 2.04 bits per heavy atom. The van der Waals surface area contributed by atoms with E-state index in [1.807, 2.05) is 0 Å². The van der Waals surface area contributed by atoms with Crippen molar-refractivity contribution in [2.24, 2.45) is 0 Å². The van der Waals surface area contributed by atoms with Crippen LogP contribution in [0.15, 0.2) is 30.6 Å². The quantitative estimate of drug-likeness (QED) is 0.879. The molecule has 2 aromatic rings. The smallest absolute Gasteiger partial charge is 0.409 e. The lowest BCUT2D eigenvalue weighted by Gasteiger charge is -2.34. The van der Waals surface area contributed by atoms with Crippen molar-refractivity contribution in [1.82, 2.24) is 14.9 Å². The van der Waals surface area contributed by atoms with Crippen molar-refractivity contribution >= 4 is 35.0 Å². The van der Waals surface area contributed by atoms with Crippen molar-refractivity contribution in [3.63, 3.8) is 0 Å². The first-order valence-electron chi connectivity index (χ1n) is 8.27. The number of nitrogens with zero attached hydrogens (tertiary/aromatic N) is 4. The first-order chi connectivity index (χ1) is 12.6. The lowest BCUT2D eigenvalue weighted by atomic mass is 10.3. The molecule has 1 aromatic heterocycles.